The second-order valence-electron chi connectivity index (χ2n) is 7.72. The number of hydrogen-bond acceptors (Lipinski definition) is 5. The Morgan fingerprint density at radius 3 is 2.78 bits per heavy atom. The summed E-state index contributed by atoms with van der Waals surface area (Å²) in [5.41, 5.74) is -0.407. The van der Waals surface area contributed by atoms with E-state index in [2.05, 4.69) is 18.8 Å². The van der Waals surface area contributed by atoms with Gasteiger partial charge in [-0.2, -0.15) is 0 Å². The number of aromatic hydroxyl groups is 1. The Labute approximate surface area is 160 Å². The van der Waals surface area contributed by atoms with Crippen molar-refractivity contribution >= 4 is 11.8 Å². The van der Waals surface area contributed by atoms with Gasteiger partial charge < -0.3 is 19.6 Å². The van der Waals surface area contributed by atoms with E-state index >= 15 is 0 Å². The van der Waals surface area contributed by atoms with Crippen LogP contribution < -0.4 is 0 Å². The SMILES string of the molecule is CCC(C)CN1CCOC2(CCN(C(=O)c3ncccc3O)CC2)CC1=O. The Morgan fingerprint density at radius 1 is 1.37 bits per heavy atom. The molecule has 0 bridgehead atoms. The third kappa shape index (κ3) is 4.40. The summed E-state index contributed by atoms with van der Waals surface area (Å²) < 4.78 is 6.14. The van der Waals surface area contributed by atoms with Crippen LogP contribution in [-0.4, -0.2) is 70.1 Å². The van der Waals surface area contributed by atoms with Gasteiger partial charge in [0.05, 0.1) is 18.6 Å². The highest BCUT2D eigenvalue weighted by Crippen LogP contribution is 2.33. The van der Waals surface area contributed by atoms with Gasteiger partial charge in [0.15, 0.2) is 5.69 Å². The van der Waals surface area contributed by atoms with E-state index in [1.807, 2.05) is 4.90 Å². The summed E-state index contributed by atoms with van der Waals surface area (Å²) in [6.07, 6.45) is 4.16. The maximum atomic E-state index is 12.7. The summed E-state index contributed by atoms with van der Waals surface area (Å²) >= 11 is 0. The third-order valence-electron chi connectivity index (χ3n) is 5.78. The van der Waals surface area contributed by atoms with E-state index in [1.165, 1.54) is 12.3 Å². The lowest BCUT2D eigenvalue weighted by Crippen LogP contribution is -2.49. The molecule has 0 aromatic carbocycles. The predicted molar refractivity (Wildman–Crippen MR) is 100 cm³/mol. The standard InChI is InChI=1S/C20H29N3O4/c1-3-15(2)14-23-11-12-27-20(13-17(23)25)6-9-22(10-7-20)19(26)18-16(24)5-4-8-21-18/h4-5,8,15,24H,3,6-7,9-14H2,1-2H3. The molecule has 7 nitrogen and oxygen atoms in total. The molecule has 3 rings (SSSR count). The molecule has 0 saturated carbocycles. The number of carbonyl (C=O) groups is 2. The fraction of sp³-hybridized carbons (Fsp3) is 0.650. The van der Waals surface area contributed by atoms with Crippen LogP contribution in [0.5, 0.6) is 5.75 Å². The molecule has 3 heterocycles. The summed E-state index contributed by atoms with van der Waals surface area (Å²) in [5, 5.41) is 9.86. The normalized spacial score (nSPS) is 21.2. The second-order valence-corrected chi connectivity index (χ2v) is 7.72. The maximum Gasteiger partial charge on any atom is 0.276 e. The highest BCUT2D eigenvalue weighted by atomic mass is 16.5. The van der Waals surface area contributed by atoms with Gasteiger partial charge in [-0.3, -0.25) is 9.59 Å². The quantitative estimate of drug-likeness (QED) is 0.871. The molecule has 2 amide bonds. The third-order valence-corrected chi connectivity index (χ3v) is 5.78. The summed E-state index contributed by atoms with van der Waals surface area (Å²) in [5.74, 6) is 0.245. The Bertz CT molecular complexity index is 686. The van der Waals surface area contributed by atoms with E-state index in [0.717, 1.165) is 13.0 Å². The second kappa shape index (κ2) is 8.25. The summed E-state index contributed by atoms with van der Waals surface area (Å²) in [6.45, 7) is 7.23. The zero-order valence-electron chi connectivity index (χ0n) is 16.2. The average molecular weight is 375 g/mol. The van der Waals surface area contributed by atoms with Crippen LogP contribution in [0.25, 0.3) is 0 Å². The molecule has 0 radical (unpaired) electrons. The molecule has 7 heteroatoms. The molecule has 1 aromatic rings. The zero-order chi connectivity index (χ0) is 19.4. The first-order valence-corrected chi connectivity index (χ1v) is 9.79. The van der Waals surface area contributed by atoms with Gasteiger partial charge in [0, 0.05) is 32.4 Å². The van der Waals surface area contributed by atoms with E-state index < -0.39 is 5.60 Å². The minimum atomic E-state index is -0.482. The van der Waals surface area contributed by atoms with Gasteiger partial charge in [-0.05, 0) is 30.9 Å². The van der Waals surface area contributed by atoms with E-state index in [4.69, 9.17) is 4.74 Å². The molecule has 148 valence electrons. The van der Waals surface area contributed by atoms with Crippen molar-refractivity contribution in [3.63, 3.8) is 0 Å². The number of piperidine rings is 1. The van der Waals surface area contributed by atoms with Crippen LogP contribution in [-0.2, 0) is 9.53 Å². The number of rotatable bonds is 4. The molecule has 1 aromatic heterocycles. The van der Waals surface area contributed by atoms with Crippen molar-refractivity contribution in [1.29, 1.82) is 0 Å². The number of pyridine rings is 1. The van der Waals surface area contributed by atoms with Crippen molar-refractivity contribution in [2.75, 3.05) is 32.8 Å². The van der Waals surface area contributed by atoms with E-state index in [1.54, 1.807) is 11.0 Å². The fourth-order valence-corrected chi connectivity index (χ4v) is 3.78. The molecule has 2 saturated heterocycles. The first-order chi connectivity index (χ1) is 12.9. The maximum absolute atomic E-state index is 12.7. The van der Waals surface area contributed by atoms with Crippen LogP contribution in [0.15, 0.2) is 18.3 Å². The first kappa shape index (κ1) is 19.6. The molecule has 27 heavy (non-hydrogen) atoms. The molecule has 1 N–H and O–H groups in total. The van der Waals surface area contributed by atoms with Gasteiger partial charge in [0.25, 0.3) is 5.91 Å². The smallest absolute Gasteiger partial charge is 0.276 e. The van der Waals surface area contributed by atoms with Gasteiger partial charge in [-0.15, -0.1) is 0 Å². The molecule has 1 unspecified atom stereocenters. The first-order valence-electron chi connectivity index (χ1n) is 9.79. The van der Waals surface area contributed by atoms with Crippen molar-refractivity contribution in [1.82, 2.24) is 14.8 Å². The molecule has 0 aliphatic carbocycles. The molecule has 1 atom stereocenters. The fourth-order valence-electron chi connectivity index (χ4n) is 3.78. The van der Waals surface area contributed by atoms with Crippen molar-refractivity contribution < 1.29 is 19.4 Å². The molecular weight excluding hydrogens is 346 g/mol. The summed E-state index contributed by atoms with van der Waals surface area (Å²) in [6, 6.07) is 3.05. The number of amides is 2. The minimum absolute atomic E-state index is 0.0750. The van der Waals surface area contributed by atoms with E-state index in [-0.39, 0.29) is 23.3 Å². The Hall–Kier alpha value is -2.15. The van der Waals surface area contributed by atoms with Gasteiger partial charge in [0.2, 0.25) is 5.91 Å². The highest BCUT2D eigenvalue weighted by molar-refractivity contribution is 5.94. The Morgan fingerprint density at radius 2 is 2.11 bits per heavy atom. The van der Waals surface area contributed by atoms with Crippen LogP contribution >= 0.6 is 0 Å². The zero-order valence-corrected chi connectivity index (χ0v) is 16.2. The topological polar surface area (TPSA) is 83.0 Å². The number of likely N-dealkylation sites (tertiary alicyclic amines) is 1. The van der Waals surface area contributed by atoms with E-state index in [9.17, 15) is 14.7 Å². The number of carbonyl (C=O) groups excluding carboxylic acids is 2. The molecule has 2 aliphatic heterocycles. The number of ether oxygens (including phenoxy) is 1. The highest BCUT2D eigenvalue weighted by Gasteiger charge is 2.42. The van der Waals surface area contributed by atoms with Crippen molar-refractivity contribution in [2.45, 2.75) is 45.1 Å². The van der Waals surface area contributed by atoms with E-state index in [0.29, 0.717) is 51.4 Å². The Balaban J connectivity index is 1.62. The van der Waals surface area contributed by atoms with Gasteiger partial charge in [-0.25, -0.2) is 4.98 Å². The number of aromatic nitrogens is 1. The van der Waals surface area contributed by atoms with Gasteiger partial charge >= 0.3 is 0 Å². The molecule has 2 aliphatic rings. The number of hydrogen-bond donors (Lipinski definition) is 1. The van der Waals surface area contributed by atoms with Crippen molar-refractivity contribution in [3.05, 3.63) is 24.0 Å². The minimum Gasteiger partial charge on any atom is -0.505 e. The summed E-state index contributed by atoms with van der Waals surface area (Å²) in [4.78, 5) is 33.0. The average Bonchev–Trinajstić information content (AvgIpc) is 2.81. The van der Waals surface area contributed by atoms with Gasteiger partial charge in [-0.1, -0.05) is 20.3 Å². The van der Waals surface area contributed by atoms with Crippen LogP contribution in [0.2, 0.25) is 0 Å². The van der Waals surface area contributed by atoms with Crippen LogP contribution in [0.4, 0.5) is 0 Å². The Kier molecular flexibility index (Phi) is 5.99. The molecular formula is C20H29N3O4. The largest absolute Gasteiger partial charge is 0.505 e. The predicted octanol–water partition coefficient (Wildman–Crippen LogP) is 2.06. The van der Waals surface area contributed by atoms with Crippen LogP contribution in [0, 0.1) is 5.92 Å². The van der Waals surface area contributed by atoms with Crippen molar-refractivity contribution in [2.24, 2.45) is 5.92 Å². The monoisotopic (exact) mass is 375 g/mol. The van der Waals surface area contributed by atoms with Crippen LogP contribution in [0.1, 0.15) is 50.0 Å². The summed E-state index contributed by atoms with van der Waals surface area (Å²) in [7, 11) is 0. The lowest BCUT2D eigenvalue weighted by atomic mass is 9.87. The van der Waals surface area contributed by atoms with Gasteiger partial charge in [0.1, 0.15) is 5.75 Å². The van der Waals surface area contributed by atoms with Crippen LogP contribution in [0.3, 0.4) is 0 Å². The van der Waals surface area contributed by atoms with Crippen molar-refractivity contribution in [3.8, 4) is 5.75 Å². The molecule has 2 fully saturated rings. The molecule has 1 spiro atoms. The number of nitrogens with zero attached hydrogens (tertiary/aromatic N) is 3. The lowest BCUT2D eigenvalue weighted by molar-refractivity contribution is -0.135. The lowest BCUT2D eigenvalue weighted by Gasteiger charge is -2.40.